The summed E-state index contributed by atoms with van der Waals surface area (Å²) in [5.41, 5.74) is 0. The molecule has 2 aliphatic heterocycles. The highest BCUT2D eigenvalue weighted by atomic mass is 16.7. The Kier molecular flexibility index (Phi) is 34.1. The molecule has 13 atom stereocenters. The van der Waals surface area contributed by atoms with Crippen LogP contribution in [0.25, 0.3) is 0 Å². The molecule has 68 heavy (non-hydrogen) atoms. The number of hydrogen-bond acceptors (Lipinski definition) is 17. The predicted molar refractivity (Wildman–Crippen MR) is 255 cm³/mol. The average molecular weight is 971 g/mol. The third kappa shape index (κ3) is 25.8. The van der Waals surface area contributed by atoms with Crippen molar-refractivity contribution >= 4 is 11.9 Å². The molecule has 2 fully saturated rings. The number of aliphatic hydroxyl groups excluding tert-OH is 9. The predicted octanol–water partition coefficient (Wildman–Crippen LogP) is 4.43. The smallest absolute Gasteiger partial charge is 0.306 e. The minimum absolute atomic E-state index is 0.0810. The summed E-state index contributed by atoms with van der Waals surface area (Å²) < 4.78 is 33.4. The summed E-state index contributed by atoms with van der Waals surface area (Å²) >= 11 is 0. The first kappa shape index (κ1) is 61.2. The van der Waals surface area contributed by atoms with Gasteiger partial charge < -0.3 is 74.4 Å². The Bertz CT molecular complexity index is 1450. The first-order valence-electron chi connectivity index (χ1n) is 25.1. The van der Waals surface area contributed by atoms with Crippen molar-refractivity contribution in [2.45, 2.75) is 222 Å². The van der Waals surface area contributed by atoms with Crippen LogP contribution in [0.15, 0.2) is 60.8 Å². The molecule has 2 saturated heterocycles. The van der Waals surface area contributed by atoms with Crippen LogP contribution in [-0.2, 0) is 38.0 Å². The molecule has 0 amide bonds. The molecular weight excluding hydrogens is 885 g/mol. The molecule has 0 aromatic heterocycles. The number of ether oxygens (including phenoxy) is 6. The van der Waals surface area contributed by atoms with Gasteiger partial charge in [0.2, 0.25) is 0 Å². The molecular formula is C51H86O17. The van der Waals surface area contributed by atoms with Gasteiger partial charge in [0.25, 0.3) is 0 Å². The van der Waals surface area contributed by atoms with Gasteiger partial charge in [0.1, 0.15) is 67.6 Å². The Labute approximate surface area is 404 Å². The number of carbonyl (C=O) groups excluding carboxylic acids is 2. The molecule has 0 aliphatic carbocycles. The number of rotatable bonds is 37. The van der Waals surface area contributed by atoms with Gasteiger partial charge in [0, 0.05) is 12.8 Å². The van der Waals surface area contributed by atoms with Gasteiger partial charge >= 0.3 is 11.9 Å². The number of aliphatic hydroxyl groups is 9. The zero-order valence-electron chi connectivity index (χ0n) is 40.5. The highest BCUT2D eigenvalue weighted by Gasteiger charge is 2.47. The van der Waals surface area contributed by atoms with E-state index in [-0.39, 0.29) is 19.4 Å². The molecule has 0 radical (unpaired) electrons. The summed E-state index contributed by atoms with van der Waals surface area (Å²) in [6.07, 6.45) is 17.3. The average Bonchev–Trinajstić information content (AvgIpc) is 3.33. The molecule has 9 N–H and O–H groups in total. The van der Waals surface area contributed by atoms with E-state index < -0.39 is 111 Å². The molecule has 392 valence electrons. The van der Waals surface area contributed by atoms with Crippen molar-refractivity contribution in [1.29, 1.82) is 0 Å². The maximum Gasteiger partial charge on any atom is 0.306 e. The standard InChI is InChI=1S/C51H86O17/c1-3-5-7-9-10-11-12-13-14-15-20-24-28-32-43(56)66-37(34-63-42(55)31-27-23-19-17-16-18-22-26-30-39(54)38(53)29-25-21-8-6-4-2)35-64-50-49(62)47(60)45(58)41(68-50)36-65-51-48(61)46(59)44(57)40(33-52)67-51/h6,8,17-19,22,25-26,29-30,37-41,44-54,57-62H,3-5,7,9-16,20-21,23-24,27-28,31-36H2,1-2H3/b8-6-,19-17-,22-18-,29-25-,30-26+/t37?,38-,39+,40+,41+,44-,45-,46-,47-,48+,49+,50+,51-/m0/s1. The van der Waals surface area contributed by atoms with Gasteiger partial charge in [-0.25, -0.2) is 0 Å². The molecule has 0 spiro atoms. The molecule has 2 rings (SSSR count). The van der Waals surface area contributed by atoms with E-state index in [1.54, 1.807) is 24.3 Å². The van der Waals surface area contributed by atoms with Crippen molar-refractivity contribution < 1.29 is 84.0 Å². The van der Waals surface area contributed by atoms with E-state index in [4.69, 9.17) is 28.4 Å². The summed E-state index contributed by atoms with van der Waals surface area (Å²) in [4.78, 5) is 25.7. The molecule has 2 aliphatic rings. The number of hydrogen-bond donors (Lipinski definition) is 9. The van der Waals surface area contributed by atoms with Gasteiger partial charge in [-0.05, 0) is 38.5 Å². The van der Waals surface area contributed by atoms with Crippen molar-refractivity contribution in [1.82, 2.24) is 0 Å². The van der Waals surface area contributed by atoms with E-state index >= 15 is 0 Å². The van der Waals surface area contributed by atoms with Crippen LogP contribution in [0.4, 0.5) is 0 Å². The summed E-state index contributed by atoms with van der Waals surface area (Å²) in [6, 6.07) is 0. The fraction of sp³-hybridized carbons (Fsp3) is 0.765. The maximum atomic E-state index is 13.0. The molecule has 2 heterocycles. The molecule has 0 aromatic carbocycles. The van der Waals surface area contributed by atoms with E-state index in [1.165, 1.54) is 57.4 Å². The van der Waals surface area contributed by atoms with E-state index in [1.807, 2.05) is 37.3 Å². The van der Waals surface area contributed by atoms with E-state index in [0.29, 0.717) is 32.1 Å². The second kappa shape index (κ2) is 37.9. The minimum Gasteiger partial charge on any atom is -0.462 e. The zero-order chi connectivity index (χ0) is 49.9. The zero-order valence-corrected chi connectivity index (χ0v) is 40.5. The second-order valence-corrected chi connectivity index (χ2v) is 17.6. The number of carbonyl (C=O) groups is 2. The number of esters is 2. The van der Waals surface area contributed by atoms with Crippen LogP contribution in [0.2, 0.25) is 0 Å². The van der Waals surface area contributed by atoms with Crippen LogP contribution in [0.5, 0.6) is 0 Å². The monoisotopic (exact) mass is 971 g/mol. The lowest BCUT2D eigenvalue weighted by molar-refractivity contribution is -0.332. The van der Waals surface area contributed by atoms with Gasteiger partial charge in [-0.15, -0.1) is 0 Å². The Morgan fingerprint density at radius 3 is 1.72 bits per heavy atom. The molecule has 17 heteroatoms. The van der Waals surface area contributed by atoms with Gasteiger partial charge in [-0.2, -0.15) is 0 Å². The molecule has 1 unspecified atom stereocenters. The van der Waals surface area contributed by atoms with Crippen molar-refractivity contribution in [3.8, 4) is 0 Å². The van der Waals surface area contributed by atoms with E-state index in [2.05, 4.69) is 6.92 Å². The highest BCUT2D eigenvalue weighted by Crippen LogP contribution is 2.26. The van der Waals surface area contributed by atoms with Crippen LogP contribution in [0, 0.1) is 0 Å². The largest absolute Gasteiger partial charge is 0.462 e. The maximum absolute atomic E-state index is 13.0. The third-order valence-corrected chi connectivity index (χ3v) is 11.7. The van der Waals surface area contributed by atoms with Crippen LogP contribution in [0.3, 0.4) is 0 Å². The van der Waals surface area contributed by atoms with Crippen molar-refractivity contribution in [2.75, 3.05) is 26.4 Å². The summed E-state index contributed by atoms with van der Waals surface area (Å²) in [7, 11) is 0. The summed E-state index contributed by atoms with van der Waals surface area (Å²) in [5.74, 6) is -1.07. The van der Waals surface area contributed by atoms with Crippen LogP contribution >= 0.6 is 0 Å². The van der Waals surface area contributed by atoms with Crippen LogP contribution in [-0.4, -0.2) is 164 Å². The molecule has 0 bridgehead atoms. The van der Waals surface area contributed by atoms with Crippen molar-refractivity contribution in [2.24, 2.45) is 0 Å². The molecule has 0 saturated carbocycles. The highest BCUT2D eigenvalue weighted by molar-refractivity contribution is 5.70. The van der Waals surface area contributed by atoms with Crippen molar-refractivity contribution in [3.63, 3.8) is 0 Å². The number of unbranched alkanes of at least 4 members (excludes halogenated alkanes) is 13. The quantitative estimate of drug-likeness (QED) is 0.0180. The number of allylic oxidation sites excluding steroid dienone is 8. The fourth-order valence-corrected chi connectivity index (χ4v) is 7.47. The Morgan fingerprint density at radius 2 is 1.09 bits per heavy atom. The Morgan fingerprint density at radius 1 is 0.544 bits per heavy atom. The van der Waals surface area contributed by atoms with Gasteiger partial charge in [0.05, 0.1) is 19.8 Å². The first-order valence-corrected chi connectivity index (χ1v) is 25.1. The third-order valence-electron chi connectivity index (χ3n) is 11.7. The van der Waals surface area contributed by atoms with E-state index in [9.17, 15) is 55.5 Å². The lowest BCUT2D eigenvalue weighted by Crippen LogP contribution is -2.61. The fourth-order valence-electron chi connectivity index (χ4n) is 7.47. The minimum atomic E-state index is -1.79. The lowest BCUT2D eigenvalue weighted by Gasteiger charge is -2.42. The van der Waals surface area contributed by atoms with Gasteiger partial charge in [0.15, 0.2) is 18.7 Å². The van der Waals surface area contributed by atoms with Crippen LogP contribution in [0.1, 0.15) is 142 Å². The van der Waals surface area contributed by atoms with Gasteiger partial charge in [-0.3, -0.25) is 9.59 Å². The normalized spacial score (nSPS) is 27.2. The summed E-state index contributed by atoms with van der Waals surface area (Å²) in [6.45, 7) is 2.22. The van der Waals surface area contributed by atoms with Crippen molar-refractivity contribution in [3.05, 3.63) is 60.8 Å². The topological polar surface area (TPSA) is 272 Å². The first-order chi connectivity index (χ1) is 32.8. The lowest BCUT2D eigenvalue weighted by atomic mass is 9.98. The Hall–Kier alpha value is -2.88. The van der Waals surface area contributed by atoms with E-state index in [0.717, 1.165) is 32.1 Å². The second-order valence-electron chi connectivity index (χ2n) is 17.6. The van der Waals surface area contributed by atoms with Crippen LogP contribution < -0.4 is 0 Å². The molecule has 0 aromatic rings. The SMILES string of the molecule is CC/C=C\C/C=C\[C@H](O)[C@H](O)/C=C/C=C\C/C=C\CCCC(=O)OCC(CO[C@@H]1O[C@H](CO[C@H]2O[C@H](CO)[C@H](O)[C@H](O)[C@H]2O)[C@H](O)[C@H](O)[C@H]1O)OC(=O)CCCCCCCCCCCCCCC. The molecule has 17 nitrogen and oxygen atoms in total. The van der Waals surface area contributed by atoms with Gasteiger partial charge in [-0.1, -0.05) is 152 Å². The summed E-state index contributed by atoms with van der Waals surface area (Å²) in [5, 5.41) is 92.1. The Balaban J connectivity index is 1.87.